The van der Waals surface area contributed by atoms with Crippen molar-refractivity contribution in [3.63, 3.8) is 0 Å². The molecule has 0 spiro atoms. The molecule has 0 aliphatic rings. The smallest absolute Gasteiger partial charge is 0.321 e. The highest BCUT2D eigenvalue weighted by atomic mass is 32.2. The number of carboxylic acids is 1. The molecule has 0 fully saturated rings. The first-order chi connectivity index (χ1) is 9.25. The molecule has 0 saturated carbocycles. The van der Waals surface area contributed by atoms with E-state index in [9.17, 15) is 13.2 Å². The summed E-state index contributed by atoms with van der Waals surface area (Å²) in [5.41, 5.74) is 0. The molecule has 0 aliphatic carbocycles. The van der Waals surface area contributed by atoms with Gasteiger partial charge in [0.15, 0.2) is 0 Å². The lowest BCUT2D eigenvalue weighted by Crippen LogP contribution is -2.40. The van der Waals surface area contributed by atoms with Gasteiger partial charge in [0.05, 0.1) is 14.2 Å². The van der Waals surface area contributed by atoms with Gasteiger partial charge in [0.1, 0.15) is 22.4 Å². The Hall–Kier alpha value is -1.80. The van der Waals surface area contributed by atoms with Crippen molar-refractivity contribution in [3.05, 3.63) is 18.2 Å². The fourth-order valence-corrected chi connectivity index (χ4v) is 2.96. The molecule has 1 rings (SSSR count). The number of hydrogen-bond donors (Lipinski definition) is 1. The van der Waals surface area contributed by atoms with E-state index in [-0.39, 0.29) is 10.6 Å². The Labute approximate surface area is 117 Å². The van der Waals surface area contributed by atoms with Crippen LogP contribution in [0.2, 0.25) is 0 Å². The summed E-state index contributed by atoms with van der Waals surface area (Å²) in [7, 11) is 0.000914. The minimum Gasteiger partial charge on any atom is -0.497 e. The average Bonchev–Trinajstić information content (AvgIpc) is 2.44. The second-order valence-corrected chi connectivity index (χ2v) is 6.02. The van der Waals surface area contributed by atoms with Gasteiger partial charge in [-0.3, -0.25) is 4.79 Å². The zero-order valence-corrected chi connectivity index (χ0v) is 12.5. The van der Waals surface area contributed by atoms with Crippen LogP contribution in [0.3, 0.4) is 0 Å². The van der Waals surface area contributed by atoms with Crippen LogP contribution in [0.15, 0.2) is 23.1 Å². The van der Waals surface area contributed by atoms with Gasteiger partial charge in [0, 0.05) is 13.1 Å². The summed E-state index contributed by atoms with van der Waals surface area (Å²) in [6.07, 6.45) is 0. The number of ether oxygens (including phenoxy) is 2. The van der Waals surface area contributed by atoms with Gasteiger partial charge >= 0.3 is 5.97 Å². The molecular weight excluding hydrogens is 286 g/mol. The number of carbonyl (C=O) groups is 1. The molecule has 0 saturated heterocycles. The first-order valence-corrected chi connectivity index (χ1v) is 7.12. The lowest BCUT2D eigenvalue weighted by Gasteiger charge is -2.22. The Morgan fingerprint density at radius 3 is 2.35 bits per heavy atom. The van der Waals surface area contributed by atoms with Crippen LogP contribution >= 0.6 is 0 Å². The summed E-state index contributed by atoms with van der Waals surface area (Å²) in [6.45, 7) is 1.29. The molecule has 1 atom stereocenters. The monoisotopic (exact) mass is 303 g/mol. The third kappa shape index (κ3) is 3.02. The van der Waals surface area contributed by atoms with Crippen molar-refractivity contribution in [3.8, 4) is 11.5 Å². The van der Waals surface area contributed by atoms with Crippen LogP contribution in [0.25, 0.3) is 0 Å². The zero-order chi connectivity index (χ0) is 15.5. The second-order valence-electron chi connectivity index (χ2n) is 4.05. The van der Waals surface area contributed by atoms with E-state index in [2.05, 4.69) is 0 Å². The summed E-state index contributed by atoms with van der Waals surface area (Å²) in [6, 6.07) is 3.02. The van der Waals surface area contributed by atoms with E-state index in [1.165, 1.54) is 46.4 Å². The topological polar surface area (TPSA) is 93.1 Å². The Morgan fingerprint density at radius 1 is 1.30 bits per heavy atom. The van der Waals surface area contributed by atoms with Gasteiger partial charge in [0.25, 0.3) is 0 Å². The van der Waals surface area contributed by atoms with Gasteiger partial charge in [0.2, 0.25) is 10.0 Å². The Bertz CT molecular complexity index is 598. The van der Waals surface area contributed by atoms with E-state index in [0.29, 0.717) is 5.75 Å². The number of benzene rings is 1. The molecule has 1 unspecified atom stereocenters. The van der Waals surface area contributed by atoms with Crippen LogP contribution in [-0.2, 0) is 14.8 Å². The molecule has 112 valence electrons. The maximum atomic E-state index is 12.4. The molecule has 20 heavy (non-hydrogen) atoms. The molecule has 1 N–H and O–H groups in total. The van der Waals surface area contributed by atoms with Gasteiger partial charge in [-0.1, -0.05) is 0 Å². The van der Waals surface area contributed by atoms with Crippen LogP contribution in [-0.4, -0.2) is 51.1 Å². The molecule has 0 bridgehead atoms. The van der Waals surface area contributed by atoms with E-state index in [1.54, 1.807) is 0 Å². The van der Waals surface area contributed by atoms with Gasteiger partial charge in [-0.15, -0.1) is 0 Å². The van der Waals surface area contributed by atoms with E-state index in [4.69, 9.17) is 14.6 Å². The van der Waals surface area contributed by atoms with Crippen LogP contribution in [0, 0.1) is 0 Å². The van der Waals surface area contributed by atoms with Crippen molar-refractivity contribution < 1.29 is 27.8 Å². The minimum absolute atomic E-state index is 0.0915. The van der Waals surface area contributed by atoms with Crippen molar-refractivity contribution >= 4 is 16.0 Å². The predicted octanol–water partition coefficient (Wildman–Crippen LogP) is 0.797. The lowest BCUT2D eigenvalue weighted by atomic mass is 10.3. The van der Waals surface area contributed by atoms with Gasteiger partial charge in [-0.25, -0.2) is 8.42 Å². The number of methoxy groups -OCH3 is 2. The Kier molecular flexibility index (Phi) is 4.96. The SMILES string of the molecule is COc1ccc(S(=O)(=O)N(C)C(C)C(=O)O)c(OC)c1. The highest BCUT2D eigenvalue weighted by Gasteiger charge is 2.31. The minimum atomic E-state index is -3.98. The van der Waals surface area contributed by atoms with E-state index in [1.807, 2.05) is 0 Å². The molecule has 1 aromatic rings. The van der Waals surface area contributed by atoms with Crippen LogP contribution in [0.4, 0.5) is 0 Å². The summed E-state index contributed by atoms with van der Waals surface area (Å²) >= 11 is 0. The highest BCUT2D eigenvalue weighted by molar-refractivity contribution is 7.89. The van der Waals surface area contributed by atoms with Crippen molar-refractivity contribution in [2.45, 2.75) is 17.9 Å². The number of hydrogen-bond acceptors (Lipinski definition) is 5. The quantitative estimate of drug-likeness (QED) is 0.835. The van der Waals surface area contributed by atoms with Gasteiger partial charge < -0.3 is 14.6 Å². The van der Waals surface area contributed by atoms with Gasteiger partial charge in [-0.2, -0.15) is 4.31 Å². The standard InChI is InChI=1S/C12H17NO6S/c1-8(12(14)15)13(2)20(16,17)11-6-5-9(18-3)7-10(11)19-4/h5-8H,1-4H3,(H,14,15). The second kappa shape index (κ2) is 6.10. The van der Waals surface area contributed by atoms with Crippen molar-refractivity contribution in [1.29, 1.82) is 0 Å². The van der Waals surface area contributed by atoms with Crippen LogP contribution in [0.1, 0.15) is 6.92 Å². The van der Waals surface area contributed by atoms with Crippen LogP contribution in [0.5, 0.6) is 11.5 Å². The van der Waals surface area contributed by atoms with Crippen molar-refractivity contribution in [1.82, 2.24) is 4.31 Å². The normalized spacial score (nSPS) is 13.1. The van der Waals surface area contributed by atoms with Crippen molar-refractivity contribution in [2.75, 3.05) is 21.3 Å². The number of likely N-dealkylation sites (N-methyl/N-ethyl adjacent to an activating group) is 1. The fraction of sp³-hybridized carbons (Fsp3) is 0.417. The number of nitrogens with zero attached hydrogens (tertiary/aromatic N) is 1. The summed E-state index contributed by atoms with van der Waals surface area (Å²) in [5, 5.41) is 8.91. The lowest BCUT2D eigenvalue weighted by molar-refractivity contribution is -0.140. The fourth-order valence-electron chi connectivity index (χ4n) is 1.51. The molecule has 0 aromatic heterocycles. The number of carboxylic acid groups (broad SMARTS) is 1. The molecule has 0 aliphatic heterocycles. The molecule has 0 radical (unpaired) electrons. The highest BCUT2D eigenvalue weighted by Crippen LogP contribution is 2.30. The van der Waals surface area contributed by atoms with E-state index < -0.39 is 22.0 Å². The third-order valence-electron chi connectivity index (χ3n) is 2.93. The molecule has 8 heteroatoms. The largest absolute Gasteiger partial charge is 0.497 e. The Balaban J connectivity index is 3.32. The first kappa shape index (κ1) is 16.3. The molecular formula is C12H17NO6S. The van der Waals surface area contributed by atoms with Gasteiger partial charge in [-0.05, 0) is 19.1 Å². The third-order valence-corrected chi connectivity index (χ3v) is 4.90. The molecule has 0 heterocycles. The molecule has 1 aromatic carbocycles. The summed E-state index contributed by atoms with van der Waals surface area (Å²) < 4.78 is 35.6. The number of aliphatic carboxylic acids is 1. The van der Waals surface area contributed by atoms with Crippen LogP contribution < -0.4 is 9.47 Å². The summed E-state index contributed by atoms with van der Waals surface area (Å²) in [4.78, 5) is 10.8. The van der Waals surface area contributed by atoms with E-state index in [0.717, 1.165) is 4.31 Å². The first-order valence-electron chi connectivity index (χ1n) is 5.68. The maximum absolute atomic E-state index is 12.4. The summed E-state index contributed by atoms with van der Waals surface area (Å²) in [5.74, 6) is -0.702. The zero-order valence-electron chi connectivity index (χ0n) is 11.7. The Morgan fingerprint density at radius 2 is 1.90 bits per heavy atom. The van der Waals surface area contributed by atoms with Crippen molar-refractivity contribution in [2.24, 2.45) is 0 Å². The number of rotatable bonds is 6. The molecule has 7 nitrogen and oxygen atoms in total. The average molecular weight is 303 g/mol. The predicted molar refractivity (Wildman–Crippen MR) is 71.6 cm³/mol. The maximum Gasteiger partial charge on any atom is 0.321 e. The van der Waals surface area contributed by atoms with E-state index >= 15 is 0 Å². The number of sulfonamides is 1. The molecule has 0 amide bonds.